The Bertz CT molecular complexity index is 1410. The smallest absolute Gasteiger partial charge is 0.0255 e. The normalized spacial score (nSPS) is 32.4. The molecule has 286 valence electrons. The molecule has 3 aromatic rings. The van der Waals surface area contributed by atoms with E-state index in [1.807, 2.05) is 0 Å². The Hall–Kier alpha value is -2.58. The third kappa shape index (κ3) is 10.2. The molecular weight excluding hydrogens is 649 g/mol. The monoisotopic (exact) mass is 717 g/mol. The molecule has 10 aliphatic rings. The van der Waals surface area contributed by atoms with Gasteiger partial charge in [0.1, 0.15) is 0 Å². The second-order valence-electron chi connectivity index (χ2n) is 17.4. The summed E-state index contributed by atoms with van der Waals surface area (Å²) >= 11 is 0. The Morgan fingerprint density at radius 1 is 0.321 bits per heavy atom. The van der Waals surface area contributed by atoms with E-state index in [0.717, 1.165) is 39.3 Å². The maximum atomic E-state index is 3.99. The first kappa shape index (κ1) is 37.3. The third-order valence-electron chi connectivity index (χ3n) is 13.7. The lowest BCUT2D eigenvalue weighted by Crippen LogP contribution is -2.52. The van der Waals surface area contributed by atoms with Crippen LogP contribution in [0.2, 0.25) is 0 Å². The van der Waals surface area contributed by atoms with E-state index in [0.29, 0.717) is 36.3 Å². The molecule has 0 radical (unpaired) electrons. The molecule has 6 heteroatoms. The van der Waals surface area contributed by atoms with E-state index in [2.05, 4.69) is 104 Å². The Kier molecular flexibility index (Phi) is 13.3. The number of nitrogens with one attached hydrogen (secondary N) is 4. The molecule has 2 unspecified atom stereocenters. The third-order valence-corrected chi connectivity index (χ3v) is 13.7. The van der Waals surface area contributed by atoms with Crippen molar-refractivity contribution in [2.24, 2.45) is 0 Å². The predicted octanol–water partition coefficient (Wildman–Crippen LogP) is 8.18. The summed E-state index contributed by atoms with van der Waals surface area (Å²) in [5.41, 5.74) is 8.56. The fourth-order valence-corrected chi connectivity index (χ4v) is 10.5. The summed E-state index contributed by atoms with van der Waals surface area (Å²) in [4.78, 5) is 5.78. The van der Waals surface area contributed by atoms with E-state index in [9.17, 15) is 0 Å². The van der Waals surface area contributed by atoms with E-state index in [1.165, 1.54) is 143 Å². The number of nitrogens with zero attached hydrogens (tertiary/aromatic N) is 2. The van der Waals surface area contributed by atoms with Crippen LogP contribution in [0, 0.1) is 0 Å². The van der Waals surface area contributed by atoms with E-state index in [1.54, 1.807) is 0 Å². The number of rotatable bonds is 0. The molecule has 53 heavy (non-hydrogen) atoms. The van der Waals surface area contributed by atoms with Gasteiger partial charge in [0.05, 0.1) is 0 Å². The number of hydrogen-bond acceptors (Lipinski definition) is 6. The van der Waals surface area contributed by atoms with Crippen LogP contribution < -0.4 is 21.3 Å². The van der Waals surface area contributed by atoms with Crippen LogP contribution in [0.3, 0.4) is 0 Å². The van der Waals surface area contributed by atoms with Crippen molar-refractivity contribution in [3.8, 4) is 0 Å². The molecule has 4 fully saturated rings. The molecule has 0 aromatic heterocycles. The van der Waals surface area contributed by atoms with Crippen LogP contribution in [0.25, 0.3) is 0 Å². The SMILES string of the molecule is c1cc2ccc1CN[C@@H]1CCCC[C@H]1NCc1ccc(cc1)CN1CCCCCN(Cc3ccc(cc3)CN[C@@H]3CCCC[C@H]3NC2)[C@@H]2CCCC[C@H]21. The van der Waals surface area contributed by atoms with Gasteiger partial charge in [0.25, 0.3) is 0 Å². The van der Waals surface area contributed by atoms with Gasteiger partial charge >= 0.3 is 0 Å². The van der Waals surface area contributed by atoms with Gasteiger partial charge in [-0.05, 0) is 97.8 Å². The van der Waals surface area contributed by atoms with Crippen LogP contribution >= 0.6 is 0 Å². The van der Waals surface area contributed by atoms with Crippen LogP contribution in [0.1, 0.15) is 130 Å². The average molecular weight is 717 g/mol. The highest BCUT2D eigenvalue weighted by atomic mass is 15.2. The molecular formula is C47H68N6. The summed E-state index contributed by atoms with van der Waals surface area (Å²) in [7, 11) is 0. The average Bonchev–Trinajstić information content (AvgIpc) is 3.29. The van der Waals surface area contributed by atoms with Crippen molar-refractivity contribution >= 4 is 0 Å². The van der Waals surface area contributed by atoms with Gasteiger partial charge in [-0.3, -0.25) is 9.80 Å². The zero-order valence-electron chi connectivity index (χ0n) is 32.6. The van der Waals surface area contributed by atoms with E-state index in [4.69, 9.17) is 0 Å². The molecule has 7 aliphatic heterocycles. The molecule has 8 atom stereocenters. The predicted molar refractivity (Wildman–Crippen MR) is 219 cm³/mol. The molecule has 6 nitrogen and oxygen atoms in total. The van der Waals surface area contributed by atoms with Crippen molar-refractivity contribution in [1.82, 2.24) is 31.1 Å². The van der Waals surface area contributed by atoms with Crippen molar-refractivity contribution in [2.75, 3.05) is 13.1 Å². The largest absolute Gasteiger partial charge is 0.308 e. The minimum Gasteiger partial charge on any atom is -0.308 e. The van der Waals surface area contributed by atoms with Gasteiger partial charge in [-0.2, -0.15) is 0 Å². The van der Waals surface area contributed by atoms with Crippen molar-refractivity contribution < 1.29 is 0 Å². The summed E-state index contributed by atoms with van der Waals surface area (Å²) in [6, 6.07) is 32.1. The quantitative estimate of drug-likeness (QED) is 0.188. The lowest BCUT2D eigenvalue weighted by Gasteiger charge is -2.45. The Balaban J connectivity index is 1.01. The first-order valence-electron chi connectivity index (χ1n) is 21.9. The first-order valence-corrected chi connectivity index (χ1v) is 21.9. The molecule has 0 spiro atoms. The minimum absolute atomic E-state index is 0.525. The van der Waals surface area contributed by atoms with Gasteiger partial charge < -0.3 is 21.3 Å². The number of hydrogen-bond donors (Lipinski definition) is 4. The van der Waals surface area contributed by atoms with Gasteiger partial charge in [0.15, 0.2) is 0 Å². The highest BCUT2D eigenvalue weighted by molar-refractivity contribution is 5.25. The standard InChI is InChI=1S/C47H68N6/c1-8-28-52-34-40-24-20-38(21-25-40)32-50-44-12-4-2-10-42(44)48-30-36-16-18-37(19-17-36)31-49-43-11-3-5-13-45(43)51-33-39-22-26-41(27-23-39)35-53(29-9-1)47-15-7-6-14-46(47)52/h16-27,42-51H,1-15,28-35H2/t42-,43-,44-,45-,46-,47-/m1/s1. The van der Waals surface area contributed by atoms with E-state index < -0.39 is 0 Å². The molecule has 4 N–H and O–H groups in total. The second kappa shape index (κ2) is 18.8. The van der Waals surface area contributed by atoms with E-state index in [-0.39, 0.29) is 0 Å². The van der Waals surface area contributed by atoms with Gasteiger partial charge in [-0.15, -0.1) is 0 Å². The molecule has 3 saturated carbocycles. The van der Waals surface area contributed by atoms with Gasteiger partial charge in [0, 0.05) is 75.5 Å². The Morgan fingerprint density at radius 3 is 0.925 bits per heavy atom. The lowest BCUT2D eigenvalue weighted by atomic mass is 9.87. The second-order valence-corrected chi connectivity index (χ2v) is 17.4. The van der Waals surface area contributed by atoms with Crippen LogP contribution in [0.4, 0.5) is 0 Å². The topological polar surface area (TPSA) is 54.6 Å². The first-order chi connectivity index (χ1) is 26.2. The zero-order chi connectivity index (χ0) is 35.7. The van der Waals surface area contributed by atoms with Crippen molar-refractivity contribution in [1.29, 1.82) is 0 Å². The molecule has 0 amide bonds. The molecule has 8 bridgehead atoms. The van der Waals surface area contributed by atoms with Crippen molar-refractivity contribution in [3.05, 3.63) is 106 Å². The molecule has 3 aromatic carbocycles. The van der Waals surface area contributed by atoms with Gasteiger partial charge in [-0.1, -0.05) is 118 Å². The van der Waals surface area contributed by atoms with Crippen LogP contribution in [0.5, 0.6) is 0 Å². The van der Waals surface area contributed by atoms with Crippen molar-refractivity contribution in [2.45, 2.75) is 172 Å². The maximum Gasteiger partial charge on any atom is 0.0255 e. The molecule has 3 aliphatic carbocycles. The summed E-state index contributed by atoms with van der Waals surface area (Å²) in [5.74, 6) is 0. The lowest BCUT2D eigenvalue weighted by molar-refractivity contribution is 0.0443. The van der Waals surface area contributed by atoms with Crippen LogP contribution in [-0.4, -0.2) is 59.1 Å². The summed E-state index contributed by atoms with van der Waals surface area (Å²) in [6.07, 6.45) is 19.8. The zero-order valence-corrected chi connectivity index (χ0v) is 32.6. The minimum atomic E-state index is 0.525. The van der Waals surface area contributed by atoms with E-state index >= 15 is 0 Å². The van der Waals surface area contributed by atoms with Gasteiger partial charge in [-0.25, -0.2) is 0 Å². The fourth-order valence-electron chi connectivity index (χ4n) is 10.5. The van der Waals surface area contributed by atoms with Crippen LogP contribution in [-0.2, 0) is 39.3 Å². The Labute approximate surface area is 321 Å². The summed E-state index contributed by atoms with van der Waals surface area (Å²) in [5, 5.41) is 15.9. The Morgan fingerprint density at radius 2 is 0.604 bits per heavy atom. The van der Waals surface area contributed by atoms with Crippen molar-refractivity contribution in [3.63, 3.8) is 0 Å². The van der Waals surface area contributed by atoms with Crippen LogP contribution in [0.15, 0.2) is 72.8 Å². The van der Waals surface area contributed by atoms with Gasteiger partial charge in [0.2, 0.25) is 0 Å². The summed E-state index contributed by atoms with van der Waals surface area (Å²) < 4.78 is 0. The fraction of sp³-hybridized carbons (Fsp3) is 0.617. The highest BCUT2D eigenvalue weighted by Crippen LogP contribution is 2.32. The molecule has 1 saturated heterocycles. The summed E-state index contributed by atoms with van der Waals surface area (Å²) in [6.45, 7) is 8.41. The molecule has 13 rings (SSSR count). The number of benzene rings is 3. The molecule has 7 heterocycles. The highest BCUT2D eigenvalue weighted by Gasteiger charge is 2.35. The maximum absolute atomic E-state index is 3.99.